The molecule has 0 saturated heterocycles. The lowest BCUT2D eigenvalue weighted by Crippen LogP contribution is -2.28. The first kappa shape index (κ1) is 15.1. The van der Waals surface area contributed by atoms with E-state index in [0.29, 0.717) is 6.04 Å². The van der Waals surface area contributed by atoms with Crippen molar-refractivity contribution in [1.29, 1.82) is 0 Å². The van der Waals surface area contributed by atoms with Crippen LogP contribution in [0.2, 0.25) is 0 Å². The lowest BCUT2D eigenvalue weighted by molar-refractivity contribution is 0.345. The Hall–Kier alpha value is -1.29. The van der Waals surface area contributed by atoms with Crippen molar-refractivity contribution in [2.24, 2.45) is 5.92 Å². The van der Waals surface area contributed by atoms with E-state index < -0.39 is 0 Å². The normalized spacial score (nSPS) is 23.1. The van der Waals surface area contributed by atoms with E-state index >= 15 is 0 Å². The van der Waals surface area contributed by atoms with Crippen molar-refractivity contribution in [1.82, 2.24) is 10.3 Å². The van der Waals surface area contributed by atoms with Gasteiger partial charge < -0.3 is 14.8 Å². The van der Waals surface area contributed by atoms with Crippen molar-refractivity contribution in [3.63, 3.8) is 0 Å². The van der Waals surface area contributed by atoms with Gasteiger partial charge in [-0.1, -0.05) is 19.8 Å². The molecule has 2 unspecified atom stereocenters. The maximum absolute atomic E-state index is 5.42. The summed E-state index contributed by atoms with van der Waals surface area (Å²) in [5.74, 6) is 2.35. The van der Waals surface area contributed by atoms with Crippen molar-refractivity contribution >= 4 is 0 Å². The van der Waals surface area contributed by atoms with Gasteiger partial charge in [-0.2, -0.15) is 0 Å². The molecule has 0 aromatic carbocycles. The van der Waals surface area contributed by atoms with E-state index in [9.17, 15) is 0 Å². The lowest BCUT2D eigenvalue weighted by Gasteiger charge is -2.18. The molecule has 20 heavy (non-hydrogen) atoms. The third-order valence-electron chi connectivity index (χ3n) is 4.18. The van der Waals surface area contributed by atoms with E-state index in [4.69, 9.17) is 9.47 Å². The molecule has 1 heterocycles. The number of methoxy groups -OCH3 is 2. The molecule has 1 aliphatic carbocycles. The minimum absolute atomic E-state index is 0.595. The fraction of sp³-hybridized carbons (Fsp3) is 0.688. The number of pyridine rings is 1. The Bertz CT molecular complexity index is 423. The van der Waals surface area contributed by atoms with Crippen LogP contribution in [0.3, 0.4) is 0 Å². The van der Waals surface area contributed by atoms with Crippen LogP contribution in [-0.4, -0.2) is 25.2 Å². The second kappa shape index (κ2) is 7.48. The average molecular weight is 278 g/mol. The Morgan fingerprint density at radius 1 is 1.20 bits per heavy atom. The number of hydrogen-bond acceptors (Lipinski definition) is 4. The van der Waals surface area contributed by atoms with Gasteiger partial charge >= 0.3 is 0 Å². The van der Waals surface area contributed by atoms with Gasteiger partial charge in [-0.25, -0.2) is 0 Å². The first-order chi connectivity index (χ1) is 9.74. The quantitative estimate of drug-likeness (QED) is 0.840. The van der Waals surface area contributed by atoms with Crippen LogP contribution in [0.1, 0.15) is 44.7 Å². The van der Waals surface area contributed by atoms with Gasteiger partial charge in [-0.05, 0) is 25.2 Å². The van der Waals surface area contributed by atoms with Gasteiger partial charge in [-0.3, -0.25) is 4.98 Å². The van der Waals surface area contributed by atoms with E-state index in [-0.39, 0.29) is 0 Å². The maximum Gasteiger partial charge on any atom is 0.183 e. The fourth-order valence-electron chi connectivity index (χ4n) is 2.91. The van der Waals surface area contributed by atoms with Crippen LogP contribution < -0.4 is 14.8 Å². The van der Waals surface area contributed by atoms with Crippen LogP contribution in [-0.2, 0) is 6.54 Å². The molecule has 2 atom stereocenters. The molecule has 2 rings (SSSR count). The largest absolute Gasteiger partial charge is 0.493 e. The summed E-state index contributed by atoms with van der Waals surface area (Å²) in [6.07, 6.45) is 8.29. The Labute approximate surface area is 121 Å². The molecule has 1 N–H and O–H groups in total. The number of ether oxygens (including phenoxy) is 2. The molecule has 0 amide bonds. The highest BCUT2D eigenvalue weighted by Gasteiger charge is 2.17. The summed E-state index contributed by atoms with van der Waals surface area (Å²) < 4.78 is 10.7. The third kappa shape index (κ3) is 3.85. The van der Waals surface area contributed by atoms with Gasteiger partial charge in [0.1, 0.15) is 0 Å². The molecule has 0 spiro atoms. The van der Waals surface area contributed by atoms with Crippen molar-refractivity contribution in [2.45, 2.75) is 51.6 Å². The van der Waals surface area contributed by atoms with Crippen molar-refractivity contribution in [3.05, 3.63) is 18.0 Å². The SMILES string of the molecule is COc1ccnc(CNC2CCCC(C)CC2)c1OC. The van der Waals surface area contributed by atoms with E-state index in [1.807, 2.05) is 6.07 Å². The van der Waals surface area contributed by atoms with Crippen molar-refractivity contribution < 1.29 is 9.47 Å². The van der Waals surface area contributed by atoms with E-state index in [2.05, 4.69) is 17.2 Å². The predicted molar refractivity (Wildman–Crippen MR) is 80.2 cm³/mol. The van der Waals surface area contributed by atoms with Gasteiger partial charge in [0.25, 0.3) is 0 Å². The zero-order valence-corrected chi connectivity index (χ0v) is 12.8. The van der Waals surface area contributed by atoms with E-state index in [1.165, 1.54) is 32.1 Å². The number of nitrogens with zero attached hydrogens (tertiary/aromatic N) is 1. The zero-order chi connectivity index (χ0) is 14.4. The summed E-state index contributed by atoms with van der Waals surface area (Å²) >= 11 is 0. The summed E-state index contributed by atoms with van der Waals surface area (Å²) in [6.45, 7) is 3.09. The van der Waals surface area contributed by atoms with Gasteiger partial charge in [-0.15, -0.1) is 0 Å². The monoisotopic (exact) mass is 278 g/mol. The van der Waals surface area contributed by atoms with Gasteiger partial charge in [0.15, 0.2) is 11.5 Å². The predicted octanol–water partition coefficient (Wildman–Crippen LogP) is 3.16. The number of rotatable bonds is 5. The zero-order valence-electron chi connectivity index (χ0n) is 12.8. The molecular weight excluding hydrogens is 252 g/mol. The third-order valence-corrected chi connectivity index (χ3v) is 4.18. The summed E-state index contributed by atoms with van der Waals surface area (Å²) in [6, 6.07) is 2.42. The fourth-order valence-corrected chi connectivity index (χ4v) is 2.91. The number of nitrogens with one attached hydrogen (secondary N) is 1. The van der Waals surface area contributed by atoms with Crippen LogP contribution in [0, 0.1) is 5.92 Å². The highest BCUT2D eigenvalue weighted by Crippen LogP contribution is 2.29. The highest BCUT2D eigenvalue weighted by atomic mass is 16.5. The molecule has 112 valence electrons. The van der Waals surface area contributed by atoms with Crippen molar-refractivity contribution in [2.75, 3.05) is 14.2 Å². The van der Waals surface area contributed by atoms with E-state index in [1.54, 1.807) is 20.4 Å². The lowest BCUT2D eigenvalue weighted by atomic mass is 10.0. The van der Waals surface area contributed by atoms with Crippen LogP contribution in [0.25, 0.3) is 0 Å². The molecule has 0 bridgehead atoms. The number of aromatic nitrogens is 1. The minimum Gasteiger partial charge on any atom is -0.493 e. The number of hydrogen-bond donors (Lipinski definition) is 1. The summed E-state index contributed by atoms with van der Waals surface area (Å²) in [4.78, 5) is 4.41. The topological polar surface area (TPSA) is 43.4 Å². The molecule has 1 aromatic rings. The molecule has 1 aromatic heterocycles. The Morgan fingerprint density at radius 3 is 2.80 bits per heavy atom. The molecule has 4 heteroatoms. The van der Waals surface area contributed by atoms with Crippen LogP contribution >= 0.6 is 0 Å². The highest BCUT2D eigenvalue weighted by molar-refractivity contribution is 5.42. The maximum atomic E-state index is 5.42. The first-order valence-corrected chi connectivity index (χ1v) is 7.53. The summed E-state index contributed by atoms with van der Waals surface area (Å²) in [7, 11) is 3.32. The summed E-state index contributed by atoms with van der Waals surface area (Å²) in [5, 5.41) is 3.63. The standard InChI is InChI=1S/C16H26N2O2/c1-12-5-4-6-13(8-7-12)18-11-14-16(20-3)15(19-2)9-10-17-14/h9-10,12-13,18H,4-8,11H2,1-3H3. The average Bonchev–Trinajstić information content (AvgIpc) is 2.69. The van der Waals surface area contributed by atoms with Crippen LogP contribution in [0.4, 0.5) is 0 Å². The minimum atomic E-state index is 0.595. The molecular formula is C16H26N2O2. The Kier molecular flexibility index (Phi) is 5.65. The molecule has 1 fully saturated rings. The Balaban J connectivity index is 1.96. The molecule has 0 aliphatic heterocycles. The molecule has 1 saturated carbocycles. The van der Waals surface area contributed by atoms with Crippen LogP contribution in [0.5, 0.6) is 11.5 Å². The Morgan fingerprint density at radius 2 is 2.05 bits per heavy atom. The first-order valence-electron chi connectivity index (χ1n) is 7.53. The van der Waals surface area contributed by atoms with Gasteiger partial charge in [0.05, 0.1) is 19.9 Å². The smallest absolute Gasteiger partial charge is 0.183 e. The van der Waals surface area contributed by atoms with Gasteiger partial charge in [0.2, 0.25) is 0 Å². The van der Waals surface area contributed by atoms with Crippen LogP contribution in [0.15, 0.2) is 12.3 Å². The summed E-state index contributed by atoms with van der Waals surface area (Å²) in [5.41, 5.74) is 0.921. The second-order valence-electron chi connectivity index (χ2n) is 5.68. The molecule has 4 nitrogen and oxygen atoms in total. The second-order valence-corrected chi connectivity index (χ2v) is 5.68. The van der Waals surface area contributed by atoms with Crippen molar-refractivity contribution in [3.8, 4) is 11.5 Å². The molecule has 1 aliphatic rings. The van der Waals surface area contributed by atoms with Gasteiger partial charge in [0, 0.05) is 24.8 Å². The van der Waals surface area contributed by atoms with E-state index in [0.717, 1.165) is 29.7 Å². The molecule has 0 radical (unpaired) electrons.